The Kier molecular flexibility index (Phi) is 6.61. The number of fused-ring (bicyclic) bond motifs is 4. The van der Waals surface area contributed by atoms with Crippen LogP contribution in [0.5, 0.6) is 0 Å². The maximum absolute atomic E-state index is 8.48. The van der Waals surface area contributed by atoms with Crippen LogP contribution in [0.25, 0.3) is 71.6 Å². The molecule has 0 aliphatic heterocycles. The van der Waals surface area contributed by atoms with Crippen LogP contribution in [0, 0.1) is 0 Å². The van der Waals surface area contributed by atoms with Crippen LogP contribution in [0.2, 0.25) is 0 Å². The minimum Gasteiger partial charge on any atom is -0.310 e. The molecule has 0 unspecified atom stereocenters. The smallest absolute Gasteiger partial charge is 0.0629 e. The van der Waals surface area contributed by atoms with E-state index in [9.17, 15) is 0 Å². The van der Waals surface area contributed by atoms with Gasteiger partial charge in [-0.15, -0.1) is 0 Å². The van der Waals surface area contributed by atoms with Crippen molar-refractivity contribution < 1.29 is 6.85 Å². The van der Waals surface area contributed by atoms with Crippen molar-refractivity contribution in [1.29, 1.82) is 0 Å². The zero-order valence-corrected chi connectivity index (χ0v) is 29.3. The van der Waals surface area contributed by atoms with Crippen molar-refractivity contribution in [2.45, 2.75) is 0 Å². The van der Waals surface area contributed by atoms with Crippen LogP contribution in [-0.2, 0) is 0 Å². The maximum Gasteiger partial charge on any atom is 0.0629 e. The Balaban J connectivity index is 1.02. The first-order chi connectivity index (χ1) is 28.8. The van der Waals surface area contributed by atoms with Crippen LogP contribution in [-0.4, -0.2) is 4.57 Å². The molecule has 0 saturated carbocycles. The lowest BCUT2D eigenvalue weighted by Crippen LogP contribution is -2.09. The second-order valence-corrected chi connectivity index (χ2v) is 13.5. The lowest BCUT2D eigenvalue weighted by molar-refractivity contribution is 1.18. The monoisotopic (exact) mass is 693 g/mol. The van der Waals surface area contributed by atoms with Crippen molar-refractivity contribution >= 4 is 49.6 Å². The summed E-state index contributed by atoms with van der Waals surface area (Å²) in [6.07, 6.45) is 0. The third-order valence-corrected chi connectivity index (χ3v) is 10.3. The molecule has 0 amide bonds. The van der Waals surface area contributed by atoms with E-state index in [-0.39, 0.29) is 29.7 Å². The van der Waals surface area contributed by atoms with E-state index in [4.69, 9.17) is 6.85 Å². The summed E-state index contributed by atoms with van der Waals surface area (Å²) in [6.45, 7) is 0. The van der Waals surface area contributed by atoms with Gasteiger partial charge in [-0.2, -0.15) is 0 Å². The largest absolute Gasteiger partial charge is 0.310 e. The van der Waals surface area contributed by atoms with Crippen molar-refractivity contribution in [2.75, 3.05) is 4.90 Å². The maximum atomic E-state index is 8.48. The fourth-order valence-corrected chi connectivity index (χ4v) is 7.61. The Morgan fingerprint density at radius 1 is 0.352 bits per heavy atom. The average molecular weight is 694 g/mol. The predicted molar refractivity (Wildman–Crippen MR) is 229 cm³/mol. The molecule has 0 bridgehead atoms. The number of aromatic nitrogens is 1. The van der Waals surface area contributed by atoms with Gasteiger partial charge in [0.1, 0.15) is 0 Å². The molecule has 10 rings (SSSR count). The fourth-order valence-electron chi connectivity index (χ4n) is 7.61. The van der Waals surface area contributed by atoms with E-state index in [0.29, 0.717) is 5.56 Å². The summed E-state index contributed by atoms with van der Waals surface area (Å²) in [6, 6.07) is 63.9. The Hall–Kier alpha value is -7.16. The van der Waals surface area contributed by atoms with Crippen LogP contribution in [0.1, 0.15) is 6.85 Å². The molecule has 0 atom stereocenters. The van der Waals surface area contributed by atoms with Crippen molar-refractivity contribution in [3.8, 4) is 39.1 Å². The summed E-state index contributed by atoms with van der Waals surface area (Å²) >= 11 is 0. The van der Waals surface area contributed by atoms with Crippen LogP contribution in [0.4, 0.5) is 17.1 Å². The quantitative estimate of drug-likeness (QED) is 0.161. The van der Waals surface area contributed by atoms with Crippen molar-refractivity contribution in [3.63, 3.8) is 0 Å². The predicted octanol–water partition coefficient (Wildman–Crippen LogP) is 14.4. The molecule has 10 aromatic rings. The summed E-state index contributed by atoms with van der Waals surface area (Å²) in [5.41, 5.74) is 11.7. The van der Waals surface area contributed by atoms with E-state index >= 15 is 0 Å². The van der Waals surface area contributed by atoms with Gasteiger partial charge in [0.2, 0.25) is 0 Å². The summed E-state index contributed by atoms with van der Waals surface area (Å²) < 4.78 is 43.6. The van der Waals surface area contributed by atoms with Crippen molar-refractivity contribution in [3.05, 3.63) is 218 Å². The molecule has 0 aliphatic rings. The molecule has 254 valence electrons. The highest BCUT2D eigenvalue weighted by atomic mass is 15.1. The van der Waals surface area contributed by atoms with E-state index in [0.717, 1.165) is 50.2 Å². The van der Waals surface area contributed by atoms with Gasteiger partial charge in [0, 0.05) is 33.5 Å². The van der Waals surface area contributed by atoms with E-state index in [1.165, 1.54) is 27.4 Å². The summed E-state index contributed by atoms with van der Waals surface area (Å²) in [7, 11) is 0. The molecule has 1 heterocycles. The minimum atomic E-state index is -0.398. The minimum absolute atomic E-state index is 0.188. The van der Waals surface area contributed by atoms with Gasteiger partial charge in [-0.1, -0.05) is 152 Å². The zero-order valence-electron chi connectivity index (χ0n) is 34.3. The molecule has 0 radical (unpaired) electrons. The van der Waals surface area contributed by atoms with E-state index in [1.807, 2.05) is 48.5 Å². The summed E-state index contributed by atoms with van der Waals surface area (Å²) in [4.78, 5) is 2.16. The fraction of sp³-hybridized carbons (Fsp3) is 0. The van der Waals surface area contributed by atoms with Gasteiger partial charge in [-0.3, -0.25) is 0 Å². The van der Waals surface area contributed by atoms with Crippen LogP contribution < -0.4 is 4.90 Å². The second-order valence-electron chi connectivity index (χ2n) is 13.5. The number of nitrogens with zero attached hydrogens (tertiary/aromatic N) is 2. The van der Waals surface area contributed by atoms with E-state index < -0.39 is 6.04 Å². The van der Waals surface area contributed by atoms with Crippen LogP contribution in [0.15, 0.2) is 218 Å². The molecule has 0 spiro atoms. The topological polar surface area (TPSA) is 8.17 Å². The SMILES string of the molecule is [2H]c1c([2H])c([2H])c(-c2ccc(N(c3ccccc3)c3ccc4cc(-c5ccc6c7ccccc7n(-c7ccc(-c8ccccc8)cc7)c6c5)ccc4c3)cc2)c([2H])c1[2H]. The highest BCUT2D eigenvalue weighted by Crippen LogP contribution is 2.39. The molecule has 2 nitrogen and oxygen atoms in total. The van der Waals surface area contributed by atoms with Crippen LogP contribution in [0.3, 0.4) is 0 Å². The number of para-hydroxylation sites is 2. The molecule has 1 aromatic heterocycles. The second kappa shape index (κ2) is 13.4. The standard InChI is InChI=1S/C52H36N2/c1-4-12-37(13-5-1)39-22-28-46(29-23-39)53(45-16-8-3-9-17-45)48-32-26-42-34-41(20-21-43(42)35-48)44-27-33-50-49-18-10-11-19-51(49)54(52(50)36-44)47-30-24-40(25-31-47)38-14-6-2-7-15-38/h1-36H/i1D,4D,5D,12D,13D. The van der Waals surface area contributed by atoms with E-state index in [1.54, 1.807) is 0 Å². The molecular formula is C52H36N2. The molecule has 0 fully saturated rings. The van der Waals surface area contributed by atoms with E-state index in [2.05, 4.69) is 149 Å². The molecule has 9 aromatic carbocycles. The number of benzene rings is 9. The van der Waals surface area contributed by atoms with Gasteiger partial charge < -0.3 is 9.47 Å². The van der Waals surface area contributed by atoms with Crippen LogP contribution >= 0.6 is 0 Å². The highest BCUT2D eigenvalue weighted by Gasteiger charge is 2.16. The third-order valence-electron chi connectivity index (χ3n) is 10.3. The molecule has 0 saturated heterocycles. The van der Waals surface area contributed by atoms with Crippen molar-refractivity contribution in [1.82, 2.24) is 4.57 Å². The molecule has 0 N–H and O–H groups in total. The van der Waals surface area contributed by atoms with Gasteiger partial charge in [-0.25, -0.2) is 0 Å². The third kappa shape index (κ3) is 5.71. The van der Waals surface area contributed by atoms with Gasteiger partial charge in [0.25, 0.3) is 0 Å². The zero-order chi connectivity index (χ0) is 40.2. The lowest BCUT2D eigenvalue weighted by Gasteiger charge is -2.26. The average Bonchev–Trinajstić information content (AvgIpc) is 3.62. The van der Waals surface area contributed by atoms with Gasteiger partial charge in [-0.05, 0) is 111 Å². The first-order valence-electron chi connectivity index (χ1n) is 20.6. The number of hydrogen-bond acceptors (Lipinski definition) is 1. The number of hydrogen-bond donors (Lipinski definition) is 0. The van der Waals surface area contributed by atoms with Gasteiger partial charge in [0.05, 0.1) is 17.9 Å². The molecular weight excluding hydrogens is 653 g/mol. The normalized spacial score (nSPS) is 12.6. The molecule has 2 heteroatoms. The van der Waals surface area contributed by atoms with Crippen molar-refractivity contribution in [2.24, 2.45) is 0 Å². The Morgan fingerprint density at radius 2 is 0.889 bits per heavy atom. The Labute approximate surface area is 322 Å². The highest BCUT2D eigenvalue weighted by molar-refractivity contribution is 6.10. The first kappa shape index (κ1) is 26.6. The van der Waals surface area contributed by atoms with Gasteiger partial charge in [0.15, 0.2) is 0 Å². The molecule has 0 aliphatic carbocycles. The lowest BCUT2D eigenvalue weighted by atomic mass is 9.99. The Morgan fingerprint density at radius 3 is 1.69 bits per heavy atom. The first-order valence-corrected chi connectivity index (χ1v) is 18.1. The molecule has 54 heavy (non-hydrogen) atoms. The summed E-state index contributed by atoms with van der Waals surface area (Å²) in [5, 5.41) is 4.65. The Bertz CT molecular complexity index is 3170. The van der Waals surface area contributed by atoms with Gasteiger partial charge >= 0.3 is 0 Å². The number of anilines is 3. The summed E-state index contributed by atoms with van der Waals surface area (Å²) in [5.74, 6) is 0. The number of rotatable bonds is 7.